The van der Waals surface area contributed by atoms with Crippen molar-refractivity contribution in [3.63, 3.8) is 0 Å². The van der Waals surface area contributed by atoms with Crippen LogP contribution in [0.3, 0.4) is 0 Å². The Balaban J connectivity index is 1.28. The second-order valence-corrected chi connectivity index (χ2v) is 13.8. The van der Waals surface area contributed by atoms with Crippen molar-refractivity contribution >= 4 is 54.4 Å². The molecule has 0 saturated heterocycles. The molecule has 11 rings (SSSR count). The van der Waals surface area contributed by atoms with Crippen LogP contribution in [0.15, 0.2) is 194 Å². The van der Waals surface area contributed by atoms with Gasteiger partial charge in [-0.05, 0) is 59.3 Å². The largest absolute Gasteiger partial charge is 0.309 e. The summed E-state index contributed by atoms with van der Waals surface area (Å²) in [6, 6.07) is 69.0. The highest BCUT2D eigenvalue weighted by Crippen LogP contribution is 2.43. The molecular weight excluding hydrogens is 657 g/mol. The Morgan fingerprint density at radius 3 is 1.52 bits per heavy atom. The Morgan fingerprint density at radius 2 is 0.852 bits per heavy atom. The molecule has 0 aliphatic carbocycles. The molecule has 54 heavy (non-hydrogen) atoms. The average molecular weight is 689 g/mol. The molecule has 0 amide bonds. The van der Waals surface area contributed by atoms with Crippen molar-refractivity contribution < 1.29 is 0 Å². The summed E-state index contributed by atoms with van der Waals surface area (Å²) >= 11 is 0. The minimum absolute atomic E-state index is 0.695. The van der Waals surface area contributed by atoms with Gasteiger partial charge in [0.15, 0.2) is 5.82 Å². The fourth-order valence-electron chi connectivity index (χ4n) is 8.31. The number of hydrogen-bond donors (Lipinski definition) is 0. The van der Waals surface area contributed by atoms with E-state index in [0.29, 0.717) is 5.82 Å². The highest BCUT2D eigenvalue weighted by molar-refractivity contribution is 6.21. The molecule has 0 aliphatic heterocycles. The second kappa shape index (κ2) is 12.1. The van der Waals surface area contributed by atoms with Gasteiger partial charge in [0.2, 0.25) is 0 Å². The number of para-hydroxylation sites is 3. The minimum Gasteiger partial charge on any atom is -0.309 e. The molecule has 0 atom stereocenters. The molecule has 0 bridgehead atoms. The van der Waals surface area contributed by atoms with Crippen LogP contribution in [0.4, 0.5) is 0 Å². The molecule has 3 heterocycles. The first-order valence-electron chi connectivity index (χ1n) is 18.3. The predicted octanol–water partition coefficient (Wildman–Crippen LogP) is 12.8. The number of nitrogens with zero attached hydrogens (tertiary/aromatic N) is 4. The molecule has 0 N–H and O–H groups in total. The van der Waals surface area contributed by atoms with Crippen molar-refractivity contribution in [1.29, 1.82) is 0 Å². The first-order chi connectivity index (χ1) is 26.8. The van der Waals surface area contributed by atoms with Crippen molar-refractivity contribution in [3.8, 4) is 45.3 Å². The summed E-state index contributed by atoms with van der Waals surface area (Å²) in [4.78, 5) is 10.8. The van der Waals surface area contributed by atoms with Gasteiger partial charge in [-0.3, -0.25) is 0 Å². The van der Waals surface area contributed by atoms with Crippen LogP contribution in [-0.4, -0.2) is 19.1 Å². The fourth-order valence-corrected chi connectivity index (χ4v) is 8.31. The van der Waals surface area contributed by atoms with Gasteiger partial charge in [0.1, 0.15) is 0 Å². The van der Waals surface area contributed by atoms with E-state index < -0.39 is 0 Å². The fraction of sp³-hybridized carbons (Fsp3) is 0. The van der Waals surface area contributed by atoms with E-state index in [4.69, 9.17) is 9.97 Å². The quantitative estimate of drug-likeness (QED) is 0.180. The minimum atomic E-state index is 0.695. The normalized spacial score (nSPS) is 11.7. The average Bonchev–Trinajstić information content (AvgIpc) is 3.76. The zero-order valence-electron chi connectivity index (χ0n) is 29.3. The van der Waals surface area contributed by atoms with Crippen LogP contribution in [0.1, 0.15) is 0 Å². The third kappa shape index (κ3) is 4.70. The smallest absolute Gasteiger partial charge is 0.163 e. The van der Waals surface area contributed by atoms with E-state index in [1.165, 1.54) is 21.7 Å². The summed E-state index contributed by atoms with van der Waals surface area (Å²) < 4.78 is 4.82. The zero-order chi connectivity index (χ0) is 35.6. The van der Waals surface area contributed by atoms with Crippen molar-refractivity contribution in [3.05, 3.63) is 194 Å². The summed E-state index contributed by atoms with van der Waals surface area (Å²) in [6.07, 6.45) is 0. The summed E-state index contributed by atoms with van der Waals surface area (Å²) in [5.74, 6) is 0.695. The standard InChI is InChI=1S/C50H32N4/c1-4-16-33(17-5-1)43-32-44(34-18-6-2-7-19-34)52-50(51-43)48-38-23-11-10-20-35(38)30-42-40-25-13-15-27-46(40)54(49(42)48)37-28-29-41-39-24-12-14-26-45(39)53(47(41)31-37)36-21-8-3-9-22-36/h1-32H. The Morgan fingerprint density at radius 1 is 0.333 bits per heavy atom. The summed E-state index contributed by atoms with van der Waals surface area (Å²) in [7, 11) is 0. The maximum absolute atomic E-state index is 5.41. The molecular formula is C50H32N4. The van der Waals surface area contributed by atoms with Gasteiger partial charge in [-0.2, -0.15) is 0 Å². The number of fused-ring (bicyclic) bond motifs is 7. The monoisotopic (exact) mass is 688 g/mol. The third-order valence-electron chi connectivity index (χ3n) is 10.7. The van der Waals surface area contributed by atoms with Crippen LogP contribution in [0.25, 0.3) is 99.7 Å². The van der Waals surface area contributed by atoms with Crippen molar-refractivity contribution in [2.24, 2.45) is 0 Å². The molecule has 3 aromatic heterocycles. The lowest BCUT2D eigenvalue weighted by Crippen LogP contribution is -2.01. The van der Waals surface area contributed by atoms with Gasteiger partial charge in [-0.25, -0.2) is 9.97 Å². The van der Waals surface area contributed by atoms with Crippen molar-refractivity contribution in [2.45, 2.75) is 0 Å². The maximum atomic E-state index is 5.41. The Kier molecular flexibility index (Phi) is 6.82. The van der Waals surface area contributed by atoms with Gasteiger partial charge in [-0.1, -0.05) is 146 Å². The molecule has 0 radical (unpaired) electrons. The van der Waals surface area contributed by atoms with E-state index in [1.807, 2.05) is 12.1 Å². The Bertz CT molecular complexity index is 3140. The number of hydrogen-bond acceptors (Lipinski definition) is 2. The molecule has 0 fully saturated rings. The van der Waals surface area contributed by atoms with Crippen LogP contribution in [-0.2, 0) is 0 Å². The van der Waals surface area contributed by atoms with Gasteiger partial charge in [0, 0.05) is 44.0 Å². The third-order valence-corrected chi connectivity index (χ3v) is 10.7. The van der Waals surface area contributed by atoms with E-state index in [1.54, 1.807) is 0 Å². The van der Waals surface area contributed by atoms with Gasteiger partial charge in [-0.15, -0.1) is 0 Å². The van der Waals surface area contributed by atoms with Gasteiger partial charge >= 0.3 is 0 Å². The molecule has 0 saturated carbocycles. The van der Waals surface area contributed by atoms with Gasteiger partial charge in [0.05, 0.1) is 39.0 Å². The molecule has 8 aromatic carbocycles. The van der Waals surface area contributed by atoms with E-state index in [-0.39, 0.29) is 0 Å². The van der Waals surface area contributed by atoms with Gasteiger partial charge < -0.3 is 9.13 Å². The molecule has 11 aromatic rings. The summed E-state index contributed by atoms with van der Waals surface area (Å²) in [5, 5.41) is 7.06. The van der Waals surface area contributed by atoms with Gasteiger partial charge in [0.25, 0.3) is 0 Å². The maximum Gasteiger partial charge on any atom is 0.163 e. The van der Waals surface area contributed by atoms with Crippen molar-refractivity contribution in [1.82, 2.24) is 19.1 Å². The summed E-state index contributed by atoms with van der Waals surface area (Å²) in [5.41, 5.74) is 11.7. The molecule has 0 unspecified atom stereocenters. The number of rotatable bonds is 5. The Hall–Kier alpha value is -7.30. The first-order valence-corrected chi connectivity index (χ1v) is 18.3. The van der Waals surface area contributed by atoms with E-state index >= 15 is 0 Å². The molecule has 252 valence electrons. The number of aromatic nitrogens is 4. The topological polar surface area (TPSA) is 35.6 Å². The lowest BCUT2D eigenvalue weighted by Gasteiger charge is -2.16. The Labute approximate surface area is 311 Å². The van der Waals surface area contributed by atoms with E-state index in [2.05, 4.69) is 191 Å². The molecule has 0 spiro atoms. The van der Waals surface area contributed by atoms with Crippen LogP contribution >= 0.6 is 0 Å². The van der Waals surface area contributed by atoms with E-state index in [9.17, 15) is 0 Å². The lowest BCUT2D eigenvalue weighted by molar-refractivity contribution is 1.15. The van der Waals surface area contributed by atoms with Crippen LogP contribution in [0.5, 0.6) is 0 Å². The molecule has 4 nitrogen and oxygen atoms in total. The van der Waals surface area contributed by atoms with Crippen molar-refractivity contribution in [2.75, 3.05) is 0 Å². The first kappa shape index (κ1) is 30.3. The predicted molar refractivity (Wildman–Crippen MR) is 225 cm³/mol. The second-order valence-electron chi connectivity index (χ2n) is 13.8. The van der Waals surface area contributed by atoms with Crippen LogP contribution in [0.2, 0.25) is 0 Å². The highest BCUT2D eigenvalue weighted by atomic mass is 15.0. The molecule has 0 aliphatic rings. The van der Waals surface area contributed by atoms with Crippen LogP contribution < -0.4 is 0 Å². The molecule has 4 heteroatoms. The zero-order valence-corrected chi connectivity index (χ0v) is 29.3. The van der Waals surface area contributed by atoms with E-state index in [0.717, 1.165) is 72.2 Å². The highest BCUT2D eigenvalue weighted by Gasteiger charge is 2.23. The van der Waals surface area contributed by atoms with Crippen LogP contribution in [0, 0.1) is 0 Å². The lowest BCUT2D eigenvalue weighted by atomic mass is 9.98. The summed E-state index contributed by atoms with van der Waals surface area (Å²) in [6.45, 7) is 0. The number of benzene rings is 8. The SMILES string of the molecule is c1ccc(-c2cc(-c3ccccc3)nc(-c3c4ccccc4cc4c5ccccc5n(-c5ccc6c7ccccc7n(-c7ccccc7)c6c5)c34)n2)cc1.